The van der Waals surface area contributed by atoms with Crippen LogP contribution in [-0.2, 0) is 0 Å². The van der Waals surface area contributed by atoms with Gasteiger partial charge in [0.15, 0.2) is 23.2 Å². The van der Waals surface area contributed by atoms with Crippen LogP contribution in [0.5, 0.6) is 5.75 Å². The van der Waals surface area contributed by atoms with Crippen molar-refractivity contribution in [2.45, 2.75) is 69.9 Å². The molecule has 0 saturated carbocycles. The van der Waals surface area contributed by atoms with E-state index in [-0.39, 0.29) is 33.7 Å². The van der Waals surface area contributed by atoms with Gasteiger partial charge in [0.25, 0.3) is 8.32 Å². The zero-order chi connectivity index (χ0) is 18.8. The van der Waals surface area contributed by atoms with E-state index in [9.17, 15) is 13.6 Å². The molecule has 0 aliphatic heterocycles. The van der Waals surface area contributed by atoms with Gasteiger partial charge in [0.05, 0.1) is 4.83 Å². The normalized spacial score (nSPS) is 13.7. The Morgan fingerprint density at radius 1 is 0.958 bits per heavy atom. The summed E-state index contributed by atoms with van der Waals surface area (Å²) in [5, 5.41) is 0. The smallest absolute Gasteiger partial charge is 0.259 e. The summed E-state index contributed by atoms with van der Waals surface area (Å²) < 4.78 is 35.2. The predicted octanol–water partition coefficient (Wildman–Crippen LogP) is 6.49. The third-order valence-electron chi connectivity index (χ3n) is 4.63. The minimum Gasteiger partial charge on any atom is -0.539 e. The lowest BCUT2D eigenvalue weighted by Gasteiger charge is -2.42. The van der Waals surface area contributed by atoms with Gasteiger partial charge in [0.1, 0.15) is 0 Å². The molecule has 136 valence electrons. The van der Waals surface area contributed by atoms with Gasteiger partial charge in [-0.05, 0) is 35.7 Å². The van der Waals surface area contributed by atoms with Crippen LogP contribution in [0.3, 0.4) is 0 Å². The topological polar surface area (TPSA) is 26.3 Å². The summed E-state index contributed by atoms with van der Waals surface area (Å²) in [5.74, 6) is -2.34. The lowest BCUT2D eigenvalue weighted by atomic mass is 10.1. The summed E-state index contributed by atoms with van der Waals surface area (Å²) in [7, 11) is -2.47. The van der Waals surface area contributed by atoms with Gasteiger partial charge >= 0.3 is 0 Å². The number of benzene rings is 1. The molecule has 0 N–H and O–H groups in total. The SMILES string of the molecule is CC(Br)C(=O)c1cc(F)c(O[Si](C(C)C)(C(C)C)C(C)C)c(F)c1. The van der Waals surface area contributed by atoms with Gasteiger partial charge in [0, 0.05) is 5.56 Å². The van der Waals surface area contributed by atoms with Gasteiger partial charge in [-0.15, -0.1) is 0 Å². The summed E-state index contributed by atoms with van der Waals surface area (Å²) in [5.41, 5.74) is 0.591. The molecule has 1 rings (SSSR count). The molecule has 0 aromatic heterocycles. The van der Waals surface area contributed by atoms with Crippen LogP contribution in [-0.4, -0.2) is 18.9 Å². The monoisotopic (exact) mass is 420 g/mol. The second-order valence-electron chi connectivity index (χ2n) is 7.17. The van der Waals surface area contributed by atoms with Crippen molar-refractivity contribution in [2.75, 3.05) is 0 Å². The van der Waals surface area contributed by atoms with Crippen LogP contribution in [0.25, 0.3) is 0 Å². The van der Waals surface area contributed by atoms with Crippen molar-refractivity contribution >= 4 is 30.0 Å². The van der Waals surface area contributed by atoms with Gasteiger partial charge in [0.2, 0.25) is 0 Å². The lowest BCUT2D eigenvalue weighted by Crippen LogP contribution is -2.51. The van der Waals surface area contributed by atoms with E-state index < -0.39 is 24.8 Å². The number of ketones is 1. The number of halogens is 3. The lowest BCUT2D eigenvalue weighted by molar-refractivity contribution is 0.0995. The fourth-order valence-electron chi connectivity index (χ4n) is 3.56. The third kappa shape index (κ3) is 4.07. The Balaban J connectivity index is 3.39. The first-order chi connectivity index (χ1) is 10.9. The van der Waals surface area contributed by atoms with E-state index in [2.05, 4.69) is 15.9 Å². The molecular weight excluding hydrogens is 394 g/mol. The highest BCUT2D eigenvalue weighted by molar-refractivity contribution is 9.10. The summed E-state index contributed by atoms with van der Waals surface area (Å²) in [6.45, 7) is 13.9. The molecule has 1 atom stereocenters. The maximum Gasteiger partial charge on any atom is 0.259 e. The molecule has 1 aromatic rings. The molecule has 0 fully saturated rings. The Labute approximate surface area is 153 Å². The first-order valence-corrected chi connectivity index (χ1v) is 11.4. The number of carbonyl (C=O) groups excluding carboxylic acids is 1. The van der Waals surface area contributed by atoms with Crippen LogP contribution < -0.4 is 4.43 Å². The second-order valence-corrected chi connectivity index (χ2v) is 13.9. The van der Waals surface area contributed by atoms with E-state index in [1.54, 1.807) is 6.92 Å². The molecule has 6 heteroatoms. The Morgan fingerprint density at radius 3 is 1.62 bits per heavy atom. The Kier molecular flexibility index (Phi) is 7.17. The van der Waals surface area contributed by atoms with E-state index in [1.807, 2.05) is 41.5 Å². The highest BCUT2D eigenvalue weighted by Crippen LogP contribution is 2.43. The highest BCUT2D eigenvalue weighted by atomic mass is 79.9. The fourth-order valence-corrected chi connectivity index (χ4v) is 9.08. The van der Waals surface area contributed by atoms with E-state index in [4.69, 9.17) is 4.43 Å². The fraction of sp³-hybridized carbons (Fsp3) is 0.611. The summed E-state index contributed by atoms with van der Waals surface area (Å²) in [4.78, 5) is 11.5. The van der Waals surface area contributed by atoms with E-state index in [0.29, 0.717) is 0 Å². The highest BCUT2D eigenvalue weighted by Gasteiger charge is 2.47. The van der Waals surface area contributed by atoms with Crippen molar-refractivity contribution < 1.29 is 18.0 Å². The zero-order valence-corrected chi connectivity index (χ0v) is 18.0. The van der Waals surface area contributed by atoms with Gasteiger partial charge in [-0.1, -0.05) is 57.5 Å². The van der Waals surface area contributed by atoms with Crippen molar-refractivity contribution in [3.8, 4) is 5.75 Å². The zero-order valence-electron chi connectivity index (χ0n) is 15.4. The number of hydrogen-bond donors (Lipinski definition) is 0. The van der Waals surface area contributed by atoms with Crippen molar-refractivity contribution in [1.29, 1.82) is 0 Å². The number of alkyl halides is 1. The van der Waals surface area contributed by atoms with Crippen molar-refractivity contribution in [3.05, 3.63) is 29.3 Å². The first kappa shape index (κ1) is 21.3. The third-order valence-corrected chi connectivity index (χ3v) is 11.0. The van der Waals surface area contributed by atoms with Crippen LogP contribution in [0.2, 0.25) is 16.6 Å². The van der Waals surface area contributed by atoms with Crippen molar-refractivity contribution in [3.63, 3.8) is 0 Å². The molecule has 0 radical (unpaired) electrons. The van der Waals surface area contributed by atoms with E-state index in [1.165, 1.54) is 0 Å². The minimum atomic E-state index is -2.47. The van der Waals surface area contributed by atoms with Gasteiger partial charge in [-0.2, -0.15) is 0 Å². The number of rotatable bonds is 7. The minimum absolute atomic E-state index is 0.00707. The molecule has 0 heterocycles. The van der Waals surface area contributed by atoms with Crippen molar-refractivity contribution in [1.82, 2.24) is 0 Å². The Morgan fingerprint density at radius 2 is 1.33 bits per heavy atom. The van der Waals surface area contributed by atoms with Crippen LogP contribution in [0.1, 0.15) is 58.8 Å². The summed E-state index contributed by atoms with van der Waals surface area (Å²) >= 11 is 3.13. The summed E-state index contributed by atoms with van der Waals surface area (Å²) in [6, 6.07) is 2.14. The molecule has 0 spiro atoms. The van der Waals surface area contributed by atoms with Crippen LogP contribution in [0.15, 0.2) is 12.1 Å². The average Bonchev–Trinajstić information content (AvgIpc) is 2.44. The number of carbonyl (C=O) groups is 1. The molecule has 0 bridgehead atoms. The maximum atomic E-state index is 14.5. The van der Waals surface area contributed by atoms with Crippen LogP contribution in [0, 0.1) is 11.6 Å². The average molecular weight is 421 g/mol. The maximum absolute atomic E-state index is 14.5. The van der Waals surface area contributed by atoms with Crippen LogP contribution >= 0.6 is 15.9 Å². The first-order valence-electron chi connectivity index (χ1n) is 8.31. The Bertz CT molecular complexity index is 556. The quantitative estimate of drug-likeness (QED) is 0.286. The van der Waals surface area contributed by atoms with E-state index in [0.717, 1.165) is 12.1 Å². The summed E-state index contributed by atoms with van der Waals surface area (Å²) in [6.07, 6.45) is 0. The predicted molar refractivity (Wildman–Crippen MR) is 101 cm³/mol. The van der Waals surface area contributed by atoms with E-state index >= 15 is 0 Å². The second kappa shape index (κ2) is 8.08. The largest absolute Gasteiger partial charge is 0.539 e. The van der Waals surface area contributed by atoms with Gasteiger partial charge < -0.3 is 4.43 Å². The molecule has 1 unspecified atom stereocenters. The van der Waals surface area contributed by atoms with Gasteiger partial charge in [-0.25, -0.2) is 8.78 Å². The number of hydrogen-bond acceptors (Lipinski definition) is 2. The molecule has 0 aliphatic rings. The molecule has 0 saturated heterocycles. The standard InChI is InChI=1S/C18H27BrF2O2Si/c1-10(2)24(11(3)4,12(5)6)23-18-15(20)8-14(9-16(18)21)17(22)13(7)19/h8-13H,1-7H3. The van der Waals surface area contributed by atoms with Gasteiger partial charge in [-0.3, -0.25) is 4.79 Å². The molecule has 1 aromatic carbocycles. The van der Waals surface area contributed by atoms with Crippen LogP contribution in [0.4, 0.5) is 8.78 Å². The Hall–Kier alpha value is -0.753. The molecule has 0 amide bonds. The number of Topliss-reactive ketones (excluding diaryl/α,β-unsaturated/α-hetero) is 1. The molecule has 2 nitrogen and oxygen atoms in total. The molecular formula is C18H27BrF2O2Si. The van der Waals surface area contributed by atoms with Crippen molar-refractivity contribution in [2.24, 2.45) is 0 Å². The molecule has 24 heavy (non-hydrogen) atoms. The molecule has 0 aliphatic carbocycles.